The van der Waals surface area contributed by atoms with Gasteiger partial charge in [-0.2, -0.15) is 0 Å². The smallest absolute Gasteiger partial charge is 0.150 e. The number of halogens is 1. The normalized spacial score (nSPS) is 10.1. The predicted molar refractivity (Wildman–Crippen MR) is 64.8 cm³/mol. The van der Waals surface area contributed by atoms with E-state index in [9.17, 15) is 4.79 Å². The molecule has 0 aliphatic rings. The second-order valence-electron chi connectivity index (χ2n) is 3.54. The summed E-state index contributed by atoms with van der Waals surface area (Å²) in [5.74, 6) is 0. The first-order chi connectivity index (χ1) is 7.72. The molecule has 0 unspecified atom stereocenters. The molecule has 0 bridgehead atoms. The number of aldehydes is 1. The number of carbonyl (C=O) groups excluding carboxylic acids is 1. The van der Waals surface area contributed by atoms with Crippen LogP contribution in [0.1, 0.15) is 15.9 Å². The Morgan fingerprint density at radius 3 is 2.81 bits per heavy atom. The summed E-state index contributed by atoms with van der Waals surface area (Å²) in [5, 5.41) is 0.693. The number of hydrogen-bond donors (Lipinski definition) is 0. The van der Waals surface area contributed by atoms with E-state index in [0.717, 1.165) is 23.0 Å². The minimum Gasteiger partial charge on any atom is -0.298 e. The summed E-state index contributed by atoms with van der Waals surface area (Å²) in [6.45, 7) is 1.94. The van der Waals surface area contributed by atoms with Crippen LogP contribution in [0, 0.1) is 6.92 Å². The Morgan fingerprint density at radius 2 is 2.12 bits per heavy atom. The highest BCUT2D eigenvalue weighted by Gasteiger charge is 2.05. The van der Waals surface area contributed by atoms with Gasteiger partial charge in [0.1, 0.15) is 0 Å². The quantitative estimate of drug-likeness (QED) is 0.741. The summed E-state index contributed by atoms with van der Waals surface area (Å²) in [5.41, 5.74) is 3.35. The van der Waals surface area contributed by atoms with Crippen molar-refractivity contribution in [3.05, 3.63) is 52.8 Å². The van der Waals surface area contributed by atoms with Crippen LogP contribution < -0.4 is 0 Å². The van der Waals surface area contributed by atoms with Crippen molar-refractivity contribution in [2.75, 3.05) is 0 Å². The van der Waals surface area contributed by atoms with Crippen molar-refractivity contribution in [1.82, 2.24) is 4.98 Å². The maximum absolute atomic E-state index is 10.9. The molecule has 16 heavy (non-hydrogen) atoms. The maximum Gasteiger partial charge on any atom is 0.150 e. The molecule has 0 fully saturated rings. The van der Waals surface area contributed by atoms with E-state index in [1.54, 1.807) is 18.5 Å². The third kappa shape index (κ3) is 1.97. The van der Waals surface area contributed by atoms with Crippen molar-refractivity contribution < 1.29 is 4.79 Å². The topological polar surface area (TPSA) is 30.0 Å². The molecule has 2 rings (SSSR count). The van der Waals surface area contributed by atoms with Crippen molar-refractivity contribution in [1.29, 1.82) is 0 Å². The number of benzene rings is 1. The highest BCUT2D eigenvalue weighted by atomic mass is 35.5. The number of aryl methyl sites for hydroxylation is 1. The fourth-order valence-corrected chi connectivity index (χ4v) is 1.69. The van der Waals surface area contributed by atoms with Gasteiger partial charge >= 0.3 is 0 Å². The molecule has 0 aliphatic heterocycles. The third-order valence-corrected chi connectivity index (χ3v) is 2.87. The van der Waals surface area contributed by atoms with E-state index in [-0.39, 0.29) is 0 Å². The summed E-state index contributed by atoms with van der Waals surface area (Å²) in [4.78, 5) is 14.9. The third-order valence-electron chi connectivity index (χ3n) is 2.46. The van der Waals surface area contributed by atoms with E-state index in [4.69, 9.17) is 11.6 Å². The Morgan fingerprint density at radius 1 is 1.31 bits per heavy atom. The first-order valence-electron chi connectivity index (χ1n) is 4.88. The number of aromatic nitrogens is 1. The molecule has 1 heterocycles. The lowest BCUT2D eigenvalue weighted by molar-refractivity contribution is 0.112. The van der Waals surface area contributed by atoms with E-state index < -0.39 is 0 Å². The van der Waals surface area contributed by atoms with Gasteiger partial charge in [0.15, 0.2) is 6.29 Å². The van der Waals surface area contributed by atoms with Gasteiger partial charge < -0.3 is 0 Å². The van der Waals surface area contributed by atoms with E-state index in [0.29, 0.717) is 10.6 Å². The van der Waals surface area contributed by atoms with Gasteiger partial charge in [0.05, 0.1) is 0 Å². The van der Waals surface area contributed by atoms with Crippen molar-refractivity contribution in [2.24, 2.45) is 0 Å². The first-order valence-corrected chi connectivity index (χ1v) is 5.26. The molecule has 1 aromatic carbocycles. The van der Waals surface area contributed by atoms with Crippen LogP contribution in [0.2, 0.25) is 5.02 Å². The van der Waals surface area contributed by atoms with Crippen LogP contribution in [0.3, 0.4) is 0 Å². The van der Waals surface area contributed by atoms with Crippen molar-refractivity contribution in [2.45, 2.75) is 6.92 Å². The highest BCUT2D eigenvalue weighted by molar-refractivity contribution is 6.31. The first kappa shape index (κ1) is 10.8. The predicted octanol–water partition coefficient (Wildman–Crippen LogP) is 3.52. The Kier molecular flexibility index (Phi) is 3.02. The van der Waals surface area contributed by atoms with Crippen LogP contribution in [-0.4, -0.2) is 11.3 Å². The number of carbonyl (C=O) groups is 1. The standard InChI is InChI=1S/C13H10ClNO/c1-9-2-3-10(6-13(9)14)12-7-15-5-4-11(12)8-16/h2-8H,1H3. The summed E-state index contributed by atoms with van der Waals surface area (Å²) >= 11 is 6.05. The molecule has 3 heteroatoms. The van der Waals surface area contributed by atoms with Crippen molar-refractivity contribution in [3.8, 4) is 11.1 Å². The van der Waals surface area contributed by atoms with Gasteiger partial charge in [-0.3, -0.25) is 9.78 Å². The molecule has 0 N–H and O–H groups in total. The van der Waals surface area contributed by atoms with Gasteiger partial charge in [0.25, 0.3) is 0 Å². The lowest BCUT2D eigenvalue weighted by atomic mass is 10.0. The van der Waals surface area contributed by atoms with Gasteiger partial charge in [-0.05, 0) is 30.2 Å². The van der Waals surface area contributed by atoms with Crippen LogP contribution in [-0.2, 0) is 0 Å². The molecule has 0 spiro atoms. The van der Waals surface area contributed by atoms with Crippen LogP contribution in [0.4, 0.5) is 0 Å². The zero-order chi connectivity index (χ0) is 11.5. The largest absolute Gasteiger partial charge is 0.298 e. The Hall–Kier alpha value is -1.67. The minimum absolute atomic E-state index is 0.620. The summed E-state index contributed by atoms with van der Waals surface area (Å²) in [7, 11) is 0. The number of hydrogen-bond acceptors (Lipinski definition) is 2. The second-order valence-corrected chi connectivity index (χ2v) is 3.95. The fraction of sp³-hybridized carbons (Fsp3) is 0.0769. The van der Waals surface area contributed by atoms with Gasteiger partial charge in [0.2, 0.25) is 0 Å². The van der Waals surface area contributed by atoms with Crippen molar-refractivity contribution in [3.63, 3.8) is 0 Å². The van der Waals surface area contributed by atoms with Gasteiger partial charge in [-0.15, -0.1) is 0 Å². The summed E-state index contributed by atoms with van der Waals surface area (Å²) in [6.07, 6.45) is 4.10. The average molecular weight is 232 g/mol. The molecule has 0 saturated heterocycles. The van der Waals surface area contributed by atoms with Crippen LogP contribution in [0.15, 0.2) is 36.7 Å². The lowest BCUT2D eigenvalue weighted by Gasteiger charge is -2.05. The monoisotopic (exact) mass is 231 g/mol. The Labute approximate surface area is 98.9 Å². The zero-order valence-corrected chi connectivity index (χ0v) is 9.53. The Balaban J connectivity index is 2.58. The number of pyridine rings is 1. The molecule has 0 saturated carbocycles. The molecule has 80 valence electrons. The van der Waals surface area contributed by atoms with Crippen LogP contribution in [0.5, 0.6) is 0 Å². The molecule has 0 aliphatic carbocycles. The minimum atomic E-state index is 0.620. The lowest BCUT2D eigenvalue weighted by Crippen LogP contribution is -1.89. The highest BCUT2D eigenvalue weighted by Crippen LogP contribution is 2.26. The summed E-state index contributed by atoms with van der Waals surface area (Å²) in [6, 6.07) is 7.40. The molecular weight excluding hydrogens is 222 g/mol. The van der Waals surface area contributed by atoms with Gasteiger partial charge in [0, 0.05) is 28.5 Å². The molecule has 2 nitrogen and oxygen atoms in total. The summed E-state index contributed by atoms with van der Waals surface area (Å²) < 4.78 is 0. The van der Waals surface area contributed by atoms with E-state index in [2.05, 4.69) is 4.98 Å². The van der Waals surface area contributed by atoms with Crippen LogP contribution >= 0.6 is 11.6 Å². The van der Waals surface area contributed by atoms with Gasteiger partial charge in [-0.25, -0.2) is 0 Å². The number of nitrogens with zero attached hydrogens (tertiary/aromatic N) is 1. The average Bonchev–Trinajstić information content (AvgIpc) is 2.32. The second kappa shape index (κ2) is 4.45. The van der Waals surface area contributed by atoms with E-state index >= 15 is 0 Å². The van der Waals surface area contributed by atoms with E-state index in [1.807, 2.05) is 25.1 Å². The maximum atomic E-state index is 10.9. The molecule has 0 atom stereocenters. The molecule has 0 radical (unpaired) electrons. The molecule has 1 aromatic heterocycles. The van der Waals surface area contributed by atoms with Gasteiger partial charge in [-0.1, -0.05) is 23.7 Å². The molecule has 0 amide bonds. The fourth-order valence-electron chi connectivity index (χ4n) is 1.51. The SMILES string of the molecule is Cc1ccc(-c2cnccc2C=O)cc1Cl. The Bertz CT molecular complexity index is 537. The van der Waals surface area contributed by atoms with Crippen molar-refractivity contribution >= 4 is 17.9 Å². The molecular formula is C13H10ClNO. The van der Waals surface area contributed by atoms with E-state index in [1.165, 1.54) is 0 Å². The van der Waals surface area contributed by atoms with Crippen LogP contribution in [0.25, 0.3) is 11.1 Å². The zero-order valence-electron chi connectivity index (χ0n) is 8.77. The number of rotatable bonds is 2. The molecule has 2 aromatic rings.